The molecule has 1 amide bonds. The predicted molar refractivity (Wildman–Crippen MR) is 127 cm³/mol. The topological polar surface area (TPSA) is 55.6 Å². The summed E-state index contributed by atoms with van der Waals surface area (Å²) in [5, 5.41) is 0.656. The number of nitrogens with zero attached hydrogens (tertiary/aromatic N) is 2. The van der Waals surface area contributed by atoms with Crippen LogP contribution in [-0.2, 0) is 11.3 Å². The summed E-state index contributed by atoms with van der Waals surface area (Å²) in [7, 11) is 0. The van der Waals surface area contributed by atoms with E-state index in [0.29, 0.717) is 30.5 Å². The highest BCUT2D eigenvalue weighted by Gasteiger charge is 2.22. The van der Waals surface area contributed by atoms with Crippen molar-refractivity contribution in [3.63, 3.8) is 0 Å². The molecular weight excluding hydrogens is 428 g/mol. The first-order chi connectivity index (χ1) is 15.1. The molecule has 160 valence electrons. The standard InChI is InChI=1S/C24H24N2O3S2/c1-3-28-20-7-4-8-21-23(20)25-24(31-21)26(16-18-6-5-14-29-18)22(27)13-15-30-19-11-9-17(2)10-12-19/h4-12,14H,3,13,15-16H2,1-2H3. The van der Waals surface area contributed by atoms with Crippen molar-refractivity contribution in [2.24, 2.45) is 0 Å². The van der Waals surface area contributed by atoms with Gasteiger partial charge in [0, 0.05) is 17.1 Å². The van der Waals surface area contributed by atoms with Crippen LogP contribution < -0.4 is 9.64 Å². The quantitative estimate of drug-likeness (QED) is 0.278. The molecule has 4 aromatic rings. The maximum atomic E-state index is 13.2. The summed E-state index contributed by atoms with van der Waals surface area (Å²) in [6, 6.07) is 17.9. The summed E-state index contributed by atoms with van der Waals surface area (Å²) in [4.78, 5) is 20.8. The Balaban J connectivity index is 1.54. The van der Waals surface area contributed by atoms with Crippen LogP contribution in [0.25, 0.3) is 10.2 Å². The number of benzene rings is 2. The fraction of sp³-hybridized carbons (Fsp3) is 0.250. The molecular formula is C24H24N2O3S2. The average Bonchev–Trinajstić information content (AvgIpc) is 3.43. The average molecular weight is 453 g/mol. The van der Waals surface area contributed by atoms with E-state index in [1.807, 2.05) is 37.3 Å². The summed E-state index contributed by atoms with van der Waals surface area (Å²) >= 11 is 3.18. The van der Waals surface area contributed by atoms with Crippen LogP contribution in [0.15, 0.2) is 70.2 Å². The molecule has 0 N–H and O–H groups in total. The van der Waals surface area contributed by atoms with Crippen LogP contribution in [0.4, 0.5) is 5.13 Å². The Morgan fingerprint density at radius 2 is 2.00 bits per heavy atom. The molecule has 0 aliphatic carbocycles. The van der Waals surface area contributed by atoms with Gasteiger partial charge in [-0.3, -0.25) is 9.69 Å². The monoisotopic (exact) mass is 452 g/mol. The number of ether oxygens (including phenoxy) is 1. The third-order valence-electron chi connectivity index (χ3n) is 4.70. The zero-order valence-electron chi connectivity index (χ0n) is 17.5. The van der Waals surface area contributed by atoms with Gasteiger partial charge in [-0.1, -0.05) is 35.1 Å². The molecule has 0 unspecified atom stereocenters. The van der Waals surface area contributed by atoms with Gasteiger partial charge in [-0.15, -0.1) is 11.8 Å². The van der Waals surface area contributed by atoms with E-state index in [2.05, 4.69) is 31.2 Å². The molecule has 0 bridgehead atoms. The molecule has 0 atom stereocenters. The number of anilines is 1. The molecule has 0 radical (unpaired) electrons. The molecule has 2 aromatic carbocycles. The smallest absolute Gasteiger partial charge is 0.230 e. The van der Waals surface area contributed by atoms with E-state index in [1.165, 1.54) is 16.9 Å². The molecule has 0 aliphatic heterocycles. The van der Waals surface area contributed by atoms with E-state index in [0.717, 1.165) is 26.6 Å². The third-order valence-corrected chi connectivity index (χ3v) is 6.76. The van der Waals surface area contributed by atoms with Gasteiger partial charge in [-0.05, 0) is 50.2 Å². The third kappa shape index (κ3) is 5.29. The van der Waals surface area contributed by atoms with Crippen molar-refractivity contribution in [3.05, 3.63) is 72.2 Å². The lowest BCUT2D eigenvalue weighted by atomic mass is 10.2. The first kappa shape index (κ1) is 21.5. The minimum atomic E-state index is 0.0213. The van der Waals surface area contributed by atoms with Gasteiger partial charge in [0.2, 0.25) is 5.91 Å². The van der Waals surface area contributed by atoms with Crippen LogP contribution in [0.1, 0.15) is 24.7 Å². The Morgan fingerprint density at radius 1 is 1.16 bits per heavy atom. The number of aryl methyl sites for hydroxylation is 1. The second kappa shape index (κ2) is 10.0. The van der Waals surface area contributed by atoms with Crippen LogP contribution in [0, 0.1) is 6.92 Å². The van der Waals surface area contributed by atoms with Crippen LogP contribution in [0.2, 0.25) is 0 Å². The van der Waals surface area contributed by atoms with Crippen molar-refractivity contribution in [2.45, 2.75) is 31.7 Å². The molecule has 0 fully saturated rings. The number of fused-ring (bicyclic) bond motifs is 1. The number of aromatic nitrogens is 1. The van der Waals surface area contributed by atoms with Crippen molar-refractivity contribution in [1.29, 1.82) is 0 Å². The van der Waals surface area contributed by atoms with Crippen LogP contribution in [-0.4, -0.2) is 23.3 Å². The second-order valence-corrected chi connectivity index (χ2v) is 9.18. The van der Waals surface area contributed by atoms with Gasteiger partial charge in [-0.25, -0.2) is 4.98 Å². The minimum absolute atomic E-state index is 0.0213. The van der Waals surface area contributed by atoms with Gasteiger partial charge < -0.3 is 9.15 Å². The highest BCUT2D eigenvalue weighted by Crippen LogP contribution is 2.35. The summed E-state index contributed by atoms with van der Waals surface area (Å²) in [5.74, 6) is 2.19. The zero-order chi connectivity index (χ0) is 21.6. The largest absolute Gasteiger partial charge is 0.492 e. The molecule has 31 heavy (non-hydrogen) atoms. The van der Waals surface area contributed by atoms with Crippen molar-refractivity contribution in [3.8, 4) is 5.75 Å². The zero-order valence-corrected chi connectivity index (χ0v) is 19.2. The first-order valence-corrected chi connectivity index (χ1v) is 12.0. The van der Waals surface area contributed by atoms with Gasteiger partial charge >= 0.3 is 0 Å². The Morgan fingerprint density at radius 3 is 2.74 bits per heavy atom. The normalized spacial score (nSPS) is 11.0. The molecule has 2 aromatic heterocycles. The Labute approximate surface area is 190 Å². The molecule has 0 aliphatic rings. The molecule has 2 heterocycles. The lowest BCUT2D eigenvalue weighted by molar-refractivity contribution is -0.118. The fourth-order valence-corrected chi connectivity index (χ4v) is 4.99. The number of amides is 1. The Bertz CT molecular complexity index is 1140. The van der Waals surface area contributed by atoms with E-state index < -0.39 is 0 Å². The summed E-state index contributed by atoms with van der Waals surface area (Å²) < 4.78 is 12.2. The van der Waals surface area contributed by atoms with E-state index in [4.69, 9.17) is 14.1 Å². The van der Waals surface area contributed by atoms with Crippen molar-refractivity contribution >= 4 is 44.4 Å². The van der Waals surface area contributed by atoms with E-state index in [1.54, 1.807) is 22.9 Å². The first-order valence-electron chi connectivity index (χ1n) is 10.2. The predicted octanol–water partition coefficient (Wildman–Crippen LogP) is 6.31. The number of rotatable bonds is 9. The van der Waals surface area contributed by atoms with Crippen LogP contribution >= 0.6 is 23.1 Å². The summed E-state index contributed by atoms with van der Waals surface area (Å²) in [6.07, 6.45) is 2.03. The number of hydrogen-bond acceptors (Lipinski definition) is 6. The molecule has 0 saturated heterocycles. The van der Waals surface area contributed by atoms with Gasteiger partial charge in [-0.2, -0.15) is 0 Å². The highest BCUT2D eigenvalue weighted by molar-refractivity contribution is 7.99. The van der Waals surface area contributed by atoms with E-state index in [-0.39, 0.29) is 5.91 Å². The Kier molecular flexibility index (Phi) is 6.94. The molecule has 7 heteroatoms. The highest BCUT2D eigenvalue weighted by atomic mass is 32.2. The lowest BCUT2D eigenvalue weighted by Gasteiger charge is -2.18. The molecule has 0 spiro atoms. The Hall–Kier alpha value is -2.77. The van der Waals surface area contributed by atoms with Crippen molar-refractivity contribution in [1.82, 2.24) is 4.98 Å². The molecule has 0 saturated carbocycles. The van der Waals surface area contributed by atoms with Crippen molar-refractivity contribution in [2.75, 3.05) is 17.3 Å². The van der Waals surface area contributed by atoms with Gasteiger partial charge in [0.1, 0.15) is 17.0 Å². The summed E-state index contributed by atoms with van der Waals surface area (Å²) in [5.41, 5.74) is 2.02. The number of carbonyl (C=O) groups is 1. The van der Waals surface area contributed by atoms with Gasteiger partial charge in [0.15, 0.2) is 5.13 Å². The molecule has 5 nitrogen and oxygen atoms in total. The maximum absolute atomic E-state index is 13.2. The number of thiazole rings is 1. The van der Waals surface area contributed by atoms with Gasteiger partial charge in [0.25, 0.3) is 0 Å². The number of furan rings is 1. The minimum Gasteiger partial charge on any atom is -0.492 e. The lowest BCUT2D eigenvalue weighted by Crippen LogP contribution is -2.30. The number of carbonyl (C=O) groups excluding carboxylic acids is 1. The number of thioether (sulfide) groups is 1. The second-order valence-electron chi connectivity index (χ2n) is 7.00. The maximum Gasteiger partial charge on any atom is 0.230 e. The summed E-state index contributed by atoms with van der Waals surface area (Å²) in [6.45, 7) is 4.94. The molecule has 4 rings (SSSR count). The van der Waals surface area contributed by atoms with Crippen LogP contribution in [0.3, 0.4) is 0 Å². The van der Waals surface area contributed by atoms with Crippen molar-refractivity contribution < 1.29 is 13.9 Å². The number of para-hydroxylation sites is 1. The van der Waals surface area contributed by atoms with Gasteiger partial charge in [0.05, 0.1) is 24.1 Å². The fourth-order valence-electron chi connectivity index (χ4n) is 3.15. The van der Waals surface area contributed by atoms with Crippen LogP contribution in [0.5, 0.6) is 5.75 Å². The van der Waals surface area contributed by atoms with E-state index in [9.17, 15) is 4.79 Å². The van der Waals surface area contributed by atoms with E-state index >= 15 is 0 Å². The SMILES string of the molecule is CCOc1cccc2sc(N(Cc3ccco3)C(=O)CCSc3ccc(C)cc3)nc12. The number of hydrogen-bond donors (Lipinski definition) is 0.